The van der Waals surface area contributed by atoms with Crippen LogP contribution in [0.3, 0.4) is 0 Å². The molecule has 0 spiro atoms. The molecule has 20 heavy (non-hydrogen) atoms. The van der Waals surface area contributed by atoms with E-state index in [1.807, 2.05) is 18.2 Å². The number of aromatic hydroxyl groups is 1. The summed E-state index contributed by atoms with van der Waals surface area (Å²) in [6.45, 7) is 0.581. The molecule has 0 heterocycles. The third-order valence-electron chi connectivity index (χ3n) is 3.17. The minimum absolute atomic E-state index is 0.0324. The second-order valence-corrected chi connectivity index (χ2v) is 4.74. The highest BCUT2D eigenvalue weighted by molar-refractivity contribution is 5.31. The lowest BCUT2D eigenvalue weighted by Gasteiger charge is -2.22. The van der Waals surface area contributed by atoms with E-state index >= 15 is 0 Å². The molecule has 0 saturated heterocycles. The molecule has 0 atom stereocenters. The average Bonchev–Trinajstić information content (AvgIpc) is 2.46. The lowest BCUT2D eigenvalue weighted by atomic mass is 10.1. The second kappa shape index (κ2) is 6.52. The van der Waals surface area contributed by atoms with Crippen LogP contribution in [0, 0.1) is 0 Å². The molecular weight excluding hydrogens is 254 g/mol. The number of hydrogen-bond acceptors (Lipinski definition) is 4. The summed E-state index contributed by atoms with van der Waals surface area (Å²) in [5, 5.41) is 32.6. The number of hydrogen-bond donors (Lipinski definition) is 4. The van der Waals surface area contributed by atoms with Crippen molar-refractivity contribution >= 4 is 0 Å². The summed E-state index contributed by atoms with van der Waals surface area (Å²) in [6, 6.07) is 15.8. The number of para-hydroxylation sites is 1. The van der Waals surface area contributed by atoms with E-state index in [0.29, 0.717) is 18.5 Å². The Morgan fingerprint density at radius 2 is 1.55 bits per heavy atom. The first-order valence-corrected chi connectivity index (χ1v) is 6.57. The Morgan fingerprint density at radius 3 is 2.25 bits per heavy atom. The van der Waals surface area contributed by atoms with Gasteiger partial charge >= 0.3 is 0 Å². The van der Waals surface area contributed by atoms with Crippen LogP contribution in [0.4, 0.5) is 0 Å². The molecule has 0 amide bonds. The quantitative estimate of drug-likeness (QED) is 0.474. The molecule has 0 aliphatic rings. The van der Waals surface area contributed by atoms with Crippen LogP contribution in [-0.2, 0) is 12.2 Å². The Bertz CT molecular complexity index is 540. The normalized spacial score (nSPS) is 11.5. The van der Waals surface area contributed by atoms with E-state index in [4.69, 9.17) is 0 Å². The first-order valence-electron chi connectivity index (χ1n) is 6.57. The van der Waals surface area contributed by atoms with Crippen molar-refractivity contribution in [2.75, 3.05) is 13.1 Å². The molecule has 4 heteroatoms. The number of aliphatic hydroxyl groups is 2. The van der Waals surface area contributed by atoms with Crippen LogP contribution in [0.15, 0.2) is 54.6 Å². The van der Waals surface area contributed by atoms with E-state index in [9.17, 15) is 15.3 Å². The summed E-state index contributed by atoms with van der Waals surface area (Å²) in [5.74, 6) is -1.63. The van der Waals surface area contributed by atoms with Crippen molar-refractivity contribution in [3.63, 3.8) is 0 Å². The zero-order chi connectivity index (χ0) is 14.4. The predicted octanol–water partition coefficient (Wildman–Crippen LogP) is 1.36. The molecule has 0 bridgehead atoms. The predicted molar refractivity (Wildman–Crippen MR) is 77.2 cm³/mol. The smallest absolute Gasteiger partial charge is 0.202 e. The van der Waals surface area contributed by atoms with Gasteiger partial charge in [0.2, 0.25) is 5.79 Å². The van der Waals surface area contributed by atoms with Crippen molar-refractivity contribution in [2.45, 2.75) is 12.2 Å². The maximum atomic E-state index is 9.98. The molecule has 2 aromatic rings. The van der Waals surface area contributed by atoms with Crippen molar-refractivity contribution in [3.8, 4) is 5.75 Å². The Hall–Kier alpha value is -1.88. The second-order valence-electron chi connectivity index (χ2n) is 4.74. The minimum Gasteiger partial charge on any atom is -0.508 e. The van der Waals surface area contributed by atoms with Gasteiger partial charge in [0.05, 0.1) is 6.54 Å². The van der Waals surface area contributed by atoms with Crippen LogP contribution in [0.1, 0.15) is 11.1 Å². The topological polar surface area (TPSA) is 72.7 Å². The van der Waals surface area contributed by atoms with Gasteiger partial charge in [-0.05, 0) is 24.6 Å². The lowest BCUT2D eigenvalue weighted by Crippen LogP contribution is -2.38. The summed E-state index contributed by atoms with van der Waals surface area (Å²) in [7, 11) is 0. The summed E-state index contributed by atoms with van der Waals surface area (Å²) in [6.07, 6.45) is 0.623. The number of phenols is 1. The third-order valence-corrected chi connectivity index (χ3v) is 3.17. The standard InChI is InChI=1S/C16H19NO3/c18-15-9-5-4-6-13(15)10-11-17-12-16(19,20)14-7-2-1-3-8-14/h1-9,17-20H,10-12H2. The molecule has 2 aromatic carbocycles. The van der Waals surface area contributed by atoms with Gasteiger partial charge in [0.15, 0.2) is 0 Å². The molecule has 0 fully saturated rings. The monoisotopic (exact) mass is 273 g/mol. The zero-order valence-corrected chi connectivity index (χ0v) is 11.2. The lowest BCUT2D eigenvalue weighted by molar-refractivity contribution is -0.165. The molecule has 106 valence electrons. The fourth-order valence-corrected chi connectivity index (χ4v) is 2.02. The molecule has 0 aliphatic heterocycles. The first kappa shape index (κ1) is 14.5. The van der Waals surface area contributed by atoms with Crippen molar-refractivity contribution in [3.05, 3.63) is 65.7 Å². The number of phenolic OH excluding ortho intramolecular Hbond substituents is 1. The molecule has 2 rings (SSSR count). The minimum atomic E-state index is -1.89. The van der Waals surface area contributed by atoms with Crippen LogP contribution < -0.4 is 5.32 Å². The van der Waals surface area contributed by atoms with Gasteiger partial charge in [-0.15, -0.1) is 0 Å². The first-order chi connectivity index (χ1) is 9.59. The maximum Gasteiger partial charge on any atom is 0.202 e. The van der Waals surface area contributed by atoms with Gasteiger partial charge in [0.25, 0.3) is 0 Å². The molecule has 0 aromatic heterocycles. The van der Waals surface area contributed by atoms with Crippen molar-refractivity contribution in [1.29, 1.82) is 0 Å². The highest BCUT2D eigenvalue weighted by atomic mass is 16.5. The van der Waals surface area contributed by atoms with Crippen LogP contribution in [0.25, 0.3) is 0 Å². The molecule has 0 radical (unpaired) electrons. The molecular formula is C16H19NO3. The Kier molecular flexibility index (Phi) is 4.74. The Labute approximate surface area is 118 Å². The van der Waals surface area contributed by atoms with Gasteiger partial charge in [-0.3, -0.25) is 0 Å². The van der Waals surface area contributed by atoms with E-state index in [-0.39, 0.29) is 12.3 Å². The SMILES string of the molecule is Oc1ccccc1CCNCC(O)(O)c1ccccc1. The van der Waals surface area contributed by atoms with Crippen molar-refractivity contribution in [2.24, 2.45) is 0 Å². The fraction of sp³-hybridized carbons (Fsp3) is 0.250. The zero-order valence-electron chi connectivity index (χ0n) is 11.2. The summed E-state index contributed by atoms with van der Waals surface area (Å²) in [4.78, 5) is 0. The van der Waals surface area contributed by atoms with Crippen molar-refractivity contribution in [1.82, 2.24) is 5.32 Å². The van der Waals surface area contributed by atoms with Crippen molar-refractivity contribution < 1.29 is 15.3 Å². The van der Waals surface area contributed by atoms with Gasteiger partial charge in [-0.25, -0.2) is 0 Å². The fourth-order valence-electron chi connectivity index (χ4n) is 2.02. The summed E-state index contributed by atoms with van der Waals surface area (Å²) < 4.78 is 0. The average molecular weight is 273 g/mol. The van der Waals surface area contributed by atoms with Gasteiger partial charge in [-0.2, -0.15) is 0 Å². The van der Waals surface area contributed by atoms with Gasteiger partial charge in [-0.1, -0.05) is 48.5 Å². The van der Waals surface area contributed by atoms with E-state index in [2.05, 4.69) is 5.32 Å². The number of rotatable bonds is 6. The van der Waals surface area contributed by atoms with Crippen LogP contribution in [0.5, 0.6) is 5.75 Å². The van der Waals surface area contributed by atoms with E-state index in [1.165, 1.54) is 0 Å². The van der Waals surface area contributed by atoms with Crippen LogP contribution >= 0.6 is 0 Å². The van der Waals surface area contributed by atoms with E-state index in [1.54, 1.807) is 36.4 Å². The molecule has 4 N–H and O–H groups in total. The van der Waals surface area contributed by atoms with Gasteiger partial charge < -0.3 is 20.6 Å². The maximum absolute atomic E-state index is 9.98. The summed E-state index contributed by atoms with van der Waals surface area (Å²) in [5.41, 5.74) is 1.29. The molecule has 4 nitrogen and oxygen atoms in total. The number of nitrogens with one attached hydrogen (secondary N) is 1. The summed E-state index contributed by atoms with van der Waals surface area (Å²) >= 11 is 0. The van der Waals surface area contributed by atoms with Crippen LogP contribution in [-0.4, -0.2) is 28.4 Å². The van der Waals surface area contributed by atoms with E-state index < -0.39 is 5.79 Å². The molecule has 0 saturated carbocycles. The Morgan fingerprint density at radius 1 is 0.900 bits per heavy atom. The largest absolute Gasteiger partial charge is 0.508 e. The highest BCUT2D eigenvalue weighted by Crippen LogP contribution is 2.17. The highest BCUT2D eigenvalue weighted by Gasteiger charge is 2.24. The Balaban J connectivity index is 1.83. The van der Waals surface area contributed by atoms with Gasteiger partial charge in [0, 0.05) is 5.56 Å². The van der Waals surface area contributed by atoms with E-state index in [0.717, 1.165) is 5.56 Å². The third kappa shape index (κ3) is 3.81. The molecule has 0 unspecified atom stereocenters. The van der Waals surface area contributed by atoms with Gasteiger partial charge in [0.1, 0.15) is 5.75 Å². The van der Waals surface area contributed by atoms with Crippen LogP contribution in [0.2, 0.25) is 0 Å². The number of benzene rings is 2. The molecule has 0 aliphatic carbocycles.